The van der Waals surface area contributed by atoms with Crippen molar-refractivity contribution in [2.75, 3.05) is 5.32 Å². The van der Waals surface area contributed by atoms with E-state index in [9.17, 15) is 18.0 Å². The zero-order valence-electron chi connectivity index (χ0n) is 10.5. The number of benzene rings is 1. The lowest BCUT2D eigenvalue weighted by Gasteiger charge is -2.06. The maximum atomic E-state index is 13.6. The fourth-order valence-electron chi connectivity index (χ4n) is 2.28. The molecule has 0 amide bonds. The van der Waals surface area contributed by atoms with Crippen molar-refractivity contribution < 1.29 is 23.1 Å². The summed E-state index contributed by atoms with van der Waals surface area (Å²) in [5, 5.41) is 11.8. The molecule has 2 N–H and O–H groups in total. The molecule has 0 saturated carbocycles. The van der Waals surface area contributed by atoms with Gasteiger partial charge in [0, 0.05) is 17.0 Å². The van der Waals surface area contributed by atoms with Gasteiger partial charge in [-0.15, -0.1) is 11.3 Å². The van der Waals surface area contributed by atoms with Crippen LogP contribution in [0.4, 0.5) is 24.0 Å². The summed E-state index contributed by atoms with van der Waals surface area (Å²) in [5.41, 5.74) is 0.0686. The van der Waals surface area contributed by atoms with Gasteiger partial charge in [0.2, 0.25) is 0 Å². The first kappa shape index (κ1) is 13.9. The number of nitrogens with one attached hydrogen (secondary N) is 1. The number of carbonyl (C=O) groups is 1. The highest BCUT2D eigenvalue weighted by molar-refractivity contribution is 7.15. The number of aliphatic carboxylic acids is 1. The minimum Gasteiger partial charge on any atom is -0.481 e. The van der Waals surface area contributed by atoms with Crippen LogP contribution in [0.2, 0.25) is 0 Å². The Morgan fingerprint density at radius 2 is 2.14 bits per heavy atom. The van der Waals surface area contributed by atoms with E-state index in [1.165, 1.54) is 0 Å². The van der Waals surface area contributed by atoms with Crippen molar-refractivity contribution in [2.24, 2.45) is 0 Å². The molecule has 1 aliphatic carbocycles. The first-order valence-corrected chi connectivity index (χ1v) is 6.91. The Kier molecular flexibility index (Phi) is 3.32. The summed E-state index contributed by atoms with van der Waals surface area (Å²) >= 11 is 1.16. The number of hydrogen-bond donors (Lipinski definition) is 2. The van der Waals surface area contributed by atoms with Gasteiger partial charge < -0.3 is 10.4 Å². The lowest BCUT2D eigenvalue weighted by atomic mass is 10.1. The SMILES string of the molecule is O=C(O)C1CCc2sc(Nc3cc(F)cc(F)c3F)nc21. The van der Waals surface area contributed by atoms with Crippen LogP contribution < -0.4 is 5.32 Å². The molecule has 2 aromatic rings. The molecular formula is C13H9F3N2O2S. The van der Waals surface area contributed by atoms with Gasteiger partial charge in [-0.1, -0.05) is 0 Å². The number of aromatic nitrogens is 1. The number of hydrogen-bond acceptors (Lipinski definition) is 4. The number of aryl methyl sites for hydroxylation is 1. The zero-order chi connectivity index (χ0) is 15.1. The first-order valence-electron chi connectivity index (χ1n) is 6.09. The molecule has 8 heteroatoms. The number of rotatable bonds is 3. The summed E-state index contributed by atoms with van der Waals surface area (Å²) in [6.45, 7) is 0. The molecule has 0 spiro atoms. The second-order valence-corrected chi connectivity index (χ2v) is 5.71. The number of carboxylic acids is 1. The number of carboxylic acid groups (broad SMARTS) is 1. The van der Waals surface area contributed by atoms with Gasteiger partial charge in [-0.3, -0.25) is 4.79 Å². The molecule has 1 aromatic carbocycles. The molecule has 0 radical (unpaired) electrons. The van der Waals surface area contributed by atoms with Gasteiger partial charge in [-0.05, 0) is 12.8 Å². The number of halogens is 3. The van der Waals surface area contributed by atoms with Crippen LogP contribution in [0.25, 0.3) is 0 Å². The van der Waals surface area contributed by atoms with Crippen molar-refractivity contribution in [3.05, 3.63) is 40.2 Å². The Bertz CT molecular complexity index is 732. The van der Waals surface area contributed by atoms with Gasteiger partial charge in [-0.2, -0.15) is 0 Å². The second-order valence-electron chi connectivity index (χ2n) is 4.63. The molecule has 1 aromatic heterocycles. The van der Waals surface area contributed by atoms with Crippen LogP contribution in [-0.4, -0.2) is 16.1 Å². The van der Waals surface area contributed by atoms with Gasteiger partial charge in [0.15, 0.2) is 16.8 Å². The third-order valence-electron chi connectivity index (χ3n) is 3.25. The van der Waals surface area contributed by atoms with E-state index >= 15 is 0 Å². The molecule has 0 fully saturated rings. The maximum Gasteiger partial charge on any atom is 0.312 e. The van der Waals surface area contributed by atoms with Crippen molar-refractivity contribution in [1.82, 2.24) is 4.98 Å². The summed E-state index contributed by atoms with van der Waals surface area (Å²) in [6.07, 6.45) is 1.05. The minimum absolute atomic E-state index is 0.217. The molecule has 1 unspecified atom stereocenters. The summed E-state index contributed by atoms with van der Waals surface area (Å²) < 4.78 is 39.8. The number of nitrogens with zero attached hydrogens (tertiary/aromatic N) is 1. The quantitative estimate of drug-likeness (QED) is 0.852. The van der Waals surface area contributed by atoms with Crippen LogP contribution in [0.5, 0.6) is 0 Å². The number of fused-ring (bicyclic) bond motifs is 1. The Hall–Kier alpha value is -2.09. The average Bonchev–Trinajstić information content (AvgIpc) is 2.94. The fraction of sp³-hybridized carbons (Fsp3) is 0.231. The van der Waals surface area contributed by atoms with Crippen molar-refractivity contribution >= 4 is 28.1 Å². The fourth-order valence-corrected chi connectivity index (χ4v) is 3.33. The molecule has 21 heavy (non-hydrogen) atoms. The van der Waals surface area contributed by atoms with E-state index in [1.54, 1.807) is 0 Å². The van der Waals surface area contributed by atoms with Crippen LogP contribution in [0.15, 0.2) is 12.1 Å². The molecule has 3 rings (SSSR count). The maximum absolute atomic E-state index is 13.6. The topological polar surface area (TPSA) is 62.2 Å². The van der Waals surface area contributed by atoms with Gasteiger partial charge in [0.05, 0.1) is 11.4 Å². The highest BCUT2D eigenvalue weighted by atomic mass is 32.1. The summed E-state index contributed by atoms with van der Waals surface area (Å²) in [5.74, 6) is -5.06. The van der Waals surface area contributed by atoms with Gasteiger partial charge in [0.1, 0.15) is 11.7 Å². The number of thiazole rings is 1. The van der Waals surface area contributed by atoms with E-state index in [1.807, 2.05) is 0 Å². The third-order valence-corrected chi connectivity index (χ3v) is 4.30. The number of anilines is 2. The van der Waals surface area contributed by atoms with E-state index in [-0.39, 0.29) is 10.8 Å². The van der Waals surface area contributed by atoms with Crippen LogP contribution in [0, 0.1) is 17.5 Å². The Balaban J connectivity index is 1.91. The van der Waals surface area contributed by atoms with Crippen molar-refractivity contribution in [3.63, 3.8) is 0 Å². The Morgan fingerprint density at radius 1 is 1.38 bits per heavy atom. The molecule has 0 saturated heterocycles. The predicted octanol–water partition coefficient (Wildman–Crippen LogP) is 3.42. The van der Waals surface area contributed by atoms with E-state index in [0.29, 0.717) is 24.6 Å². The molecule has 110 valence electrons. The van der Waals surface area contributed by atoms with Gasteiger partial charge in [0.25, 0.3) is 0 Å². The summed E-state index contributed by atoms with van der Waals surface area (Å²) in [6, 6.07) is 1.27. The highest BCUT2D eigenvalue weighted by Crippen LogP contribution is 2.39. The van der Waals surface area contributed by atoms with Gasteiger partial charge in [-0.25, -0.2) is 18.2 Å². The van der Waals surface area contributed by atoms with Crippen molar-refractivity contribution in [3.8, 4) is 0 Å². The average molecular weight is 314 g/mol. The van der Waals surface area contributed by atoms with E-state index in [2.05, 4.69) is 10.3 Å². The predicted molar refractivity (Wildman–Crippen MR) is 70.4 cm³/mol. The largest absolute Gasteiger partial charge is 0.481 e. The summed E-state index contributed by atoms with van der Waals surface area (Å²) in [7, 11) is 0. The molecular weight excluding hydrogens is 305 g/mol. The van der Waals surface area contributed by atoms with Crippen LogP contribution >= 0.6 is 11.3 Å². The lowest BCUT2D eigenvalue weighted by molar-refractivity contribution is -0.138. The molecule has 0 aliphatic heterocycles. The monoisotopic (exact) mass is 314 g/mol. The molecule has 1 aliphatic rings. The highest BCUT2D eigenvalue weighted by Gasteiger charge is 2.32. The van der Waals surface area contributed by atoms with Crippen LogP contribution in [-0.2, 0) is 11.2 Å². The van der Waals surface area contributed by atoms with Crippen molar-refractivity contribution in [1.29, 1.82) is 0 Å². The van der Waals surface area contributed by atoms with Crippen molar-refractivity contribution in [2.45, 2.75) is 18.8 Å². The van der Waals surface area contributed by atoms with Crippen LogP contribution in [0.3, 0.4) is 0 Å². The lowest BCUT2D eigenvalue weighted by Crippen LogP contribution is -2.08. The first-order chi connectivity index (χ1) is 9.95. The summed E-state index contributed by atoms with van der Waals surface area (Å²) in [4.78, 5) is 16.0. The Labute approximate surface area is 121 Å². The standard InChI is InChI=1S/C13H9F3N2O2S/c14-5-3-7(15)10(16)8(4-5)17-13-18-11-6(12(19)20)1-2-9(11)21-13/h3-4,6H,1-2H2,(H,17,18)(H,19,20). The van der Waals surface area contributed by atoms with E-state index < -0.39 is 29.3 Å². The van der Waals surface area contributed by atoms with Gasteiger partial charge >= 0.3 is 5.97 Å². The Morgan fingerprint density at radius 3 is 2.86 bits per heavy atom. The zero-order valence-corrected chi connectivity index (χ0v) is 11.3. The molecule has 1 heterocycles. The molecule has 4 nitrogen and oxygen atoms in total. The molecule has 1 atom stereocenters. The smallest absolute Gasteiger partial charge is 0.312 e. The molecule has 0 bridgehead atoms. The minimum atomic E-state index is -1.30. The van der Waals surface area contributed by atoms with E-state index in [0.717, 1.165) is 22.3 Å². The third kappa shape index (κ3) is 2.46. The second kappa shape index (κ2) is 5.03. The van der Waals surface area contributed by atoms with Crippen LogP contribution in [0.1, 0.15) is 22.9 Å². The normalized spacial score (nSPS) is 16.8. The van der Waals surface area contributed by atoms with E-state index in [4.69, 9.17) is 5.11 Å².